The van der Waals surface area contributed by atoms with Crippen LogP contribution in [0.1, 0.15) is 0 Å². The Balaban J connectivity index is 3.31. The third kappa shape index (κ3) is 3.34. The van der Waals surface area contributed by atoms with E-state index in [1.807, 2.05) is 0 Å². The highest BCUT2D eigenvalue weighted by atomic mass is 79.9. The van der Waals surface area contributed by atoms with Crippen molar-refractivity contribution in [2.45, 2.75) is 4.21 Å². The maximum atomic E-state index is 11.5. The molecule has 4 nitrogen and oxygen atoms in total. The molecule has 0 fully saturated rings. The number of hydrogen-bond donors (Lipinski definition) is 0. The Morgan fingerprint density at radius 2 is 1.93 bits per heavy atom. The molecular weight excluding hydrogens is 310 g/mol. The highest BCUT2D eigenvalue weighted by molar-refractivity contribution is 9.10. The van der Waals surface area contributed by atoms with Crippen LogP contribution >= 0.6 is 27.3 Å². The van der Waals surface area contributed by atoms with Gasteiger partial charge >= 0.3 is 0 Å². The first-order valence-electron chi connectivity index (χ1n) is 3.38. The zero-order valence-corrected chi connectivity index (χ0v) is 11.5. The normalized spacial score (nSPS) is 12.8. The van der Waals surface area contributed by atoms with Gasteiger partial charge in [0, 0.05) is 22.4 Å². The van der Waals surface area contributed by atoms with Crippen molar-refractivity contribution in [1.82, 2.24) is 0 Å². The summed E-state index contributed by atoms with van der Waals surface area (Å²) < 4.78 is 38.3. The van der Waals surface area contributed by atoms with E-state index >= 15 is 0 Å². The van der Waals surface area contributed by atoms with Crippen LogP contribution in [0.25, 0.3) is 0 Å². The zero-order valence-electron chi connectivity index (χ0n) is 7.43. The number of halogens is 1. The second-order valence-electron chi connectivity index (χ2n) is 2.81. The van der Waals surface area contributed by atoms with Gasteiger partial charge in [-0.3, -0.25) is 0 Å². The van der Waals surface area contributed by atoms with Crippen LogP contribution in [0.3, 0.4) is 0 Å². The average Bonchev–Trinajstić information content (AvgIpc) is 2.29. The fourth-order valence-corrected chi connectivity index (χ4v) is 5.37. The van der Waals surface area contributed by atoms with Crippen LogP contribution in [0.15, 0.2) is 23.9 Å². The van der Waals surface area contributed by atoms with E-state index in [4.69, 9.17) is 0 Å². The Labute approximate surface area is 95.7 Å². The van der Waals surface area contributed by atoms with E-state index in [0.717, 1.165) is 11.3 Å². The largest absolute Gasteiger partial charge is 0.299 e. The van der Waals surface area contributed by atoms with Crippen LogP contribution in [0.2, 0.25) is 0 Å². The lowest BCUT2D eigenvalue weighted by Gasteiger charge is -1.95. The fraction of sp³-hybridized carbons (Fsp3) is 0.333. The monoisotopic (exact) mass is 317 g/mol. The maximum Gasteiger partial charge on any atom is 0.299 e. The zero-order chi connectivity index (χ0) is 11.0. The molecular formula is C6H8BrNO3S3. The molecule has 0 spiro atoms. The molecule has 0 atom stereocenters. The van der Waals surface area contributed by atoms with Gasteiger partial charge in [0.15, 0.2) is 0 Å². The van der Waals surface area contributed by atoms with E-state index in [1.165, 1.54) is 18.6 Å². The summed E-state index contributed by atoms with van der Waals surface area (Å²) in [7, 11) is -6.40. The molecule has 1 aromatic heterocycles. The smallest absolute Gasteiger partial charge is 0.249 e. The molecule has 0 saturated heterocycles. The van der Waals surface area contributed by atoms with Crippen molar-refractivity contribution in [3.8, 4) is 0 Å². The van der Waals surface area contributed by atoms with E-state index < -0.39 is 19.8 Å². The molecule has 0 unspecified atom stereocenters. The van der Waals surface area contributed by atoms with Crippen molar-refractivity contribution in [2.24, 2.45) is 3.77 Å². The van der Waals surface area contributed by atoms with Gasteiger partial charge in [0.25, 0.3) is 10.0 Å². The Morgan fingerprint density at radius 3 is 2.29 bits per heavy atom. The summed E-state index contributed by atoms with van der Waals surface area (Å²) in [6, 6.07) is 1.44. The number of hydrogen-bond acceptors (Lipinski definition) is 4. The first kappa shape index (κ1) is 12.2. The number of thiophene rings is 1. The molecule has 0 saturated carbocycles. The van der Waals surface area contributed by atoms with Crippen LogP contribution in [0, 0.1) is 0 Å². The average molecular weight is 318 g/mol. The Morgan fingerprint density at radius 1 is 1.36 bits per heavy atom. The molecule has 14 heavy (non-hydrogen) atoms. The van der Waals surface area contributed by atoms with Gasteiger partial charge in [-0.15, -0.1) is 15.1 Å². The quantitative estimate of drug-likeness (QED) is 0.837. The van der Waals surface area contributed by atoms with Crippen LogP contribution in [0.5, 0.6) is 0 Å². The third-order valence-electron chi connectivity index (χ3n) is 1.08. The molecule has 0 amide bonds. The SMILES string of the molecule is CS(C)(=O)=NS(=O)(=O)c1cc(Br)cs1. The highest BCUT2D eigenvalue weighted by Gasteiger charge is 2.16. The summed E-state index contributed by atoms with van der Waals surface area (Å²) in [6.07, 6.45) is 2.57. The minimum absolute atomic E-state index is 0.0980. The van der Waals surface area contributed by atoms with Gasteiger partial charge in [-0.1, -0.05) is 0 Å². The van der Waals surface area contributed by atoms with Gasteiger partial charge in [-0.25, -0.2) is 4.21 Å². The summed E-state index contributed by atoms with van der Waals surface area (Å²) >= 11 is 4.18. The Bertz CT molecular complexity index is 543. The molecule has 0 bridgehead atoms. The van der Waals surface area contributed by atoms with E-state index in [2.05, 4.69) is 19.7 Å². The maximum absolute atomic E-state index is 11.5. The fourth-order valence-electron chi connectivity index (χ4n) is 0.703. The van der Waals surface area contributed by atoms with E-state index in [9.17, 15) is 12.6 Å². The Kier molecular flexibility index (Phi) is 3.40. The topological polar surface area (TPSA) is 63.6 Å². The molecule has 1 aromatic rings. The van der Waals surface area contributed by atoms with Crippen LogP contribution in [-0.2, 0) is 19.8 Å². The van der Waals surface area contributed by atoms with Crippen molar-refractivity contribution >= 4 is 47.0 Å². The van der Waals surface area contributed by atoms with Crippen molar-refractivity contribution in [2.75, 3.05) is 12.5 Å². The molecule has 1 heterocycles. The van der Waals surface area contributed by atoms with Gasteiger partial charge < -0.3 is 0 Å². The van der Waals surface area contributed by atoms with Crippen LogP contribution < -0.4 is 0 Å². The predicted molar refractivity (Wildman–Crippen MR) is 61.6 cm³/mol. The van der Waals surface area contributed by atoms with Crippen molar-refractivity contribution in [3.05, 3.63) is 15.9 Å². The number of rotatable bonds is 2. The summed E-state index contributed by atoms with van der Waals surface area (Å²) in [5.74, 6) is 0. The predicted octanol–water partition coefficient (Wildman–Crippen LogP) is 1.93. The second-order valence-corrected chi connectivity index (χ2v) is 9.25. The molecule has 0 radical (unpaired) electrons. The minimum Gasteiger partial charge on any atom is -0.249 e. The van der Waals surface area contributed by atoms with Crippen LogP contribution in [0.4, 0.5) is 0 Å². The molecule has 0 N–H and O–H groups in total. The number of sulfonamides is 1. The summed E-state index contributed by atoms with van der Waals surface area (Å²) in [5, 5.41) is 1.63. The lowest BCUT2D eigenvalue weighted by Crippen LogP contribution is -2.00. The number of nitrogens with zero attached hydrogens (tertiary/aromatic N) is 1. The van der Waals surface area contributed by atoms with Crippen molar-refractivity contribution in [1.29, 1.82) is 0 Å². The molecule has 0 aromatic carbocycles. The van der Waals surface area contributed by atoms with Gasteiger partial charge in [0.2, 0.25) is 0 Å². The molecule has 8 heteroatoms. The van der Waals surface area contributed by atoms with E-state index in [1.54, 1.807) is 5.38 Å². The van der Waals surface area contributed by atoms with Gasteiger partial charge in [-0.05, 0) is 22.0 Å². The second kappa shape index (κ2) is 3.92. The molecule has 80 valence electrons. The van der Waals surface area contributed by atoms with Gasteiger partial charge in [0.1, 0.15) is 4.21 Å². The standard InChI is InChI=1S/C6H8BrNO3S3/c1-13(2,9)8-14(10,11)6-3-5(7)4-12-6/h3-4H,1-2H3. The van der Waals surface area contributed by atoms with Crippen molar-refractivity contribution in [3.63, 3.8) is 0 Å². The van der Waals surface area contributed by atoms with E-state index in [0.29, 0.717) is 4.47 Å². The molecule has 0 aliphatic heterocycles. The summed E-state index contributed by atoms with van der Waals surface area (Å²) in [6.45, 7) is 0. The van der Waals surface area contributed by atoms with Gasteiger partial charge in [-0.2, -0.15) is 8.42 Å². The van der Waals surface area contributed by atoms with E-state index in [-0.39, 0.29) is 4.21 Å². The lowest BCUT2D eigenvalue weighted by atomic mass is 10.7. The minimum atomic E-state index is -3.76. The first-order valence-corrected chi connectivity index (χ1v) is 8.82. The van der Waals surface area contributed by atoms with Gasteiger partial charge in [0.05, 0.1) is 9.73 Å². The first-order chi connectivity index (χ1) is 6.21. The highest BCUT2D eigenvalue weighted by Crippen LogP contribution is 2.25. The molecule has 0 aliphatic carbocycles. The lowest BCUT2D eigenvalue weighted by molar-refractivity contribution is 0.600. The summed E-state index contributed by atoms with van der Waals surface area (Å²) in [5.41, 5.74) is 0. The van der Waals surface area contributed by atoms with Crippen molar-refractivity contribution < 1.29 is 12.6 Å². The van der Waals surface area contributed by atoms with Crippen LogP contribution in [-0.4, -0.2) is 25.1 Å². The molecule has 0 aliphatic rings. The Hall–Kier alpha value is 0.0800. The summed E-state index contributed by atoms with van der Waals surface area (Å²) in [4.78, 5) is 0. The third-order valence-corrected chi connectivity index (χ3v) is 6.33. The molecule has 1 rings (SSSR count).